The number of rotatable bonds is 3. The van der Waals surface area contributed by atoms with Crippen molar-refractivity contribution in [2.45, 2.75) is 32.2 Å². The van der Waals surface area contributed by atoms with Crippen molar-refractivity contribution in [1.29, 1.82) is 0 Å². The minimum atomic E-state index is 0.559. The molecule has 0 amide bonds. The van der Waals surface area contributed by atoms with E-state index in [0.717, 1.165) is 45.9 Å². The number of oxazole rings is 1. The second-order valence-electron chi connectivity index (χ2n) is 4.87. The third-order valence-electron chi connectivity index (χ3n) is 3.46. The van der Waals surface area contributed by atoms with Crippen molar-refractivity contribution in [3.8, 4) is 12.3 Å². The summed E-state index contributed by atoms with van der Waals surface area (Å²) in [7, 11) is 0. The number of terminal acetylenes is 1. The molecule has 0 radical (unpaired) electrons. The number of halogens is 1. The molecule has 0 saturated heterocycles. The van der Waals surface area contributed by atoms with Crippen LogP contribution in [-0.4, -0.2) is 4.98 Å². The van der Waals surface area contributed by atoms with Gasteiger partial charge in [0.15, 0.2) is 0 Å². The first kappa shape index (κ1) is 13.3. The molecule has 1 aromatic carbocycles. The number of hydrogen-bond acceptors (Lipinski definition) is 3. The van der Waals surface area contributed by atoms with Crippen LogP contribution in [0.25, 0.3) is 0 Å². The highest BCUT2D eigenvalue weighted by molar-refractivity contribution is 9.10. The van der Waals surface area contributed by atoms with Gasteiger partial charge in [0.2, 0.25) is 5.89 Å². The van der Waals surface area contributed by atoms with E-state index in [4.69, 9.17) is 10.8 Å². The minimum absolute atomic E-state index is 0.559. The van der Waals surface area contributed by atoms with Gasteiger partial charge in [0, 0.05) is 16.5 Å². The second-order valence-corrected chi connectivity index (χ2v) is 5.79. The normalized spacial score (nSPS) is 13.6. The lowest BCUT2D eigenvalue weighted by Gasteiger charge is -2.07. The number of hydrogen-bond donors (Lipinski definition) is 1. The highest BCUT2D eigenvalue weighted by Gasteiger charge is 2.16. The van der Waals surface area contributed by atoms with E-state index in [1.54, 1.807) is 0 Å². The third kappa shape index (κ3) is 2.73. The fourth-order valence-corrected chi connectivity index (χ4v) is 2.80. The number of benzene rings is 1. The van der Waals surface area contributed by atoms with Crippen LogP contribution in [0, 0.1) is 12.3 Å². The molecule has 3 nitrogen and oxygen atoms in total. The molecule has 0 fully saturated rings. The Balaban J connectivity index is 1.73. The smallest absolute Gasteiger partial charge is 0.213 e. The Morgan fingerprint density at radius 3 is 3.00 bits per heavy atom. The van der Waals surface area contributed by atoms with Crippen LogP contribution in [-0.2, 0) is 19.4 Å². The Kier molecular flexibility index (Phi) is 3.79. The Labute approximate surface area is 126 Å². The standard InChI is InChI=1S/C16H15BrN2O/c1-2-11-9-12(17)7-8-13(11)18-10-16-19-14-5-3-4-6-15(14)20-16/h1,7-9,18H,3-6,10H2. The van der Waals surface area contributed by atoms with Crippen LogP contribution in [0.2, 0.25) is 0 Å². The summed E-state index contributed by atoms with van der Waals surface area (Å²) >= 11 is 3.42. The summed E-state index contributed by atoms with van der Waals surface area (Å²) < 4.78 is 6.77. The average molecular weight is 331 g/mol. The fourth-order valence-electron chi connectivity index (χ4n) is 2.44. The molecule has 4 heteroatoms. The van der Waals surface area contributed by atoms with Crippen molar-refractivity contribution in [1.82, 2.24) is 4.98 Å². The molecule has 20 heavy (non-hydrogen) atoms. The number of nitrogens with one attached hydrogen (secondary N) is 1. The highest BCUT2D eigenvalue weighted by Crippen LogP contribution is 2.23. The van der Waals surface area contributed by atoms with Gasteiger partial charge in [-0.05, 0) is 37.5 Å². The van der Waals surface area contributed by atoms with Gasteiger partial charge in [-0.1, -0.05) is 21.9 Å². The molecule has 1 N–H and O–H groups in total. The van der Waals surface area contributed by atoms with Crippen molar-refractivity contribution in [3.05, 3.63) is 45.6 Å². The van der Waals surface area contributed by atoms with Gasteiger partial charge in [0.1, 0.15) is 5.76 Å². The molecule has 1 heterocycles. The van der Waals surface area contributed by atoms with Gasteiger partial charge in [0.05, 0.1) is 17.9 Å². The molecule has 0 aliphatic heterocycles. The van der Waals surface area contributed by atoms with E-state index < -0.39 is 0 Å². The van der Waals surface area contributed by atoms with Crippen LogP contribution in [0.3, 0.4) is 0 Å². The highest BCUT2D eigenvalue weighted by atomic mass is 79.9. The maximum absolute atomic E-state index is 5.79. The maximum Gasteiger partial charge on any atom is 0.213 e. The van der Waals surface area contributed by atoms with Gasteiger partial charge in [-0.2, -0.15) is 0 Å². The topological polar surface area (TPSA) is 38.1 Å². The zero-order chi connectivity index (χ0) is 13.9. The Morgan fingerprint density at radius 2 is 2.20 bits per heavy atom. The zero-order valence-electron chi connectivity index (χ0n) is 11.1. The average Bonchev–Trinajstić information content (AvgIpc) is 2.88. The predicted molar refractivity (Wildman–Crippen MR) is 82.5 cm³/mol. The van der Waals surface area contributed by atoms with Crippen molar-refractivity contribution < 1.29 is 4.42 Å². The molecule has 0 saturated carbocycles. The van der Waals surface area contributed by atoms with Crippen LogP contribution < -0.4 is 5.32 Å². The summed E-state index contributed by atoms with van der Waals surface area (Å²) in [6.45, 7) is 0.559. The Bertz CT molecular complexity index is 646. The van der Waals surface area contributed by atoms with Crippen molar-refractivity contribution in [3.63, 3.8) is 0 Å². The number of anilines is 1. The summed E-state index contributed by atoms with van der Waals surface area (Å²) in [6, 6.07) is 5.84. The van der Waals surface area contributed by atoms with Gasteiger partial charge in [-0.3, -0.25) is 0 Å². The van der Waals surface area contributed by atoms with Crippen LogP contribution in [0.15, 0.2) is 27.1 Å². The molecular weight excluding hydrogens is 316 g/mol. The predicted octanol–water partition coefficient (Wildman–Crippen LogP) is 3.91. The largest absolute Gasteiger partial charge is 0.443 e. The molecule has 1 aliphatic carbocycles. The molecule has 0 atom stereocenters. The number of nitrogens with zero attached hydrogens (tertiary/aromatic N) is 1. The summed E-state index contributed by atoms with van der Waals surface area (Å²) in [5.41, 5.74) is 2.88. The maximum atomic E-state index is 5.79. The van der Waals surface area contributed by atoms with E-state index in [0.29, 0.717) is 6.54 Å². The van der Waals surface area contributed by atoms with E-state index >= 15 is 0 Å². The second kappa shape index (κ2) is 5.72. The van der Waals surface area contributed by atoms with E-state index in [2.05, 4.69) is 32.2 Å². The number of fused-ring (bicyclic) bond motifs is 1. The third-order valence-corrected chi connectivity index (χ3v) is 3.95. The molecule has 2 aromatic rings. The Hall–Kier alpha value is -1.73. The van der Waals surface area contributed by atoms with Gasteiger partial charge < -0.3 is 9.73 Å². The van der Waals surface area contributed by atoms with Crippen molar-refractivity contribution >= 4 is 21.6 Å². The SMILES string of the molecule is C#Cc1cc(Br)ccc1NCc1nc2c(o1)CCCC2. The summed E-state index contributed by atoms with van der Waals surface area (Å²) in [6.07, 6.45) is 9.97. The number of aryl methyl sites for hydroxylation is 2. The van der Waals surface area contributed by atoms with Crippen molar-refractivity contribution in [2.75, 3.05) is 5.32 Å². The summed E-state index contributed by atoms with van der Waals surface area (Å²) in [4.78, 5) is 4.55. The molecule has 1 aromatic heterocycles. The first-order chi connectivity index (χ1) is 9.76. The fraction of sp³-hybridized carbons (Fsp3) is 0.312. The van der Waals surface area contributed by atoms with Crippen LogP contribution >= 0.6 is 15.9 Å². The molecule has 102 valence electrons. The molecule has 3 rings (SSSR count). The summed E-state index contributed by atoms with van der Waals surface area (Å²) in [5, 5.41) is 3.30. The zero-order valence-corrected chi connectivity index (χ0v) is 12.7. The Morgan fingerprint density at radius 1 is 1.35 bits per heavy atom. The van der Waals surface area contributed by atoms with E-state index in [9.17, 15) is 0 Å². The van der Waals surface area contributed by atoms with Crippen LogP contribution in [0.1, 0.15) is 35.7 Å². The minimum Gasteiger partial charge on any atom is -0.443 e. The van der Waals surface area contributed by atoms with Gasteiger partial charge in [-0.15, -0.1) is 6.42 Å². The van der Waals surface area contributed by atoms with Gasteiger partial charge >= 0.3 is 0 Å². The molecule has 0 unspecified atom stereocenters. The van der Waals surface area contributed by atoms with Gasteiger partial charge in [0.25, 0.3) is 0 Å². The first-order valence-electron chi connectivity index (χ1n) is 6.74. The quantitative estimate of drug-likeness (QED) is 0.867. The molecule has 0 bridgehead atoms. The summed E-state index contributed by atoms with van der Waals surface area (Å²) in [5.74, 6) is 4.47. The number of aromatic nitrogens is 1. The molecular formula is C16H15BrN2O. The van der Waals surface area contributed by atoms with Gasteiger partial charge in [-0.25, -0.2) is 4.98 Å². The van der Waals surface area contributed by atoms with E-state index in [1.807, 2.05) is 18.2 Å². The molecule has 0 spiro atoms. The van der Waals surface area contributed by atoms with Crippen LogP contribution in [0.5, 0.6) is 0 Å². The lowest BCUT2D eigenvalue weighted by Crippen LogP contribution is -2.02. The van der Waals surface area contributed by atoms with E-state index in [1.165, 1.54) is 12.8 Å². The first-order valence-corrected chi connectivity index (χ1v) is 7.53. The van der Waals surface area contributed by atoms with E-state index in [-0.39, 0.29) is 0 Å². The van der Waals surface area contributed by atoms with Crippen LogP contribution in [0.4, 0.5) is 5.69 Å². The van der Waals surface area contributed by atoms with Crippen molar-refractivity contribution in [2.24, 2.45) is 0 Å². The lowest BCUT2D eigenvalue weighted by atomic mass is 10.0. The lowest BCUT2D eigenvalue weighted by molar-refractivity contribution is 0.444. The molecule has 1 aliphatic rings. The monoisotopic (exact) mass is 330 g/mol.